The number of hydrogen-bond acceptors (Lipinski definition) is 5. The fourth-order valence-corrected chi connectivity index (χ4v) is 3.10. The first-order chi connectivity index (χ1) is 10.8. The summed E-state index contributed by atoms with van der Waals surface area (Å²) in [4.78, 5) is 16.1. The SMILES string of the molecule is CN1CCN(c2ccc(C=O)c(NC3CCOCC3)c2)CC1. The van der Waals surface area contributed by atoms with E-state index in [9.17, 15) is 4.79 Å². The third kappa shape index (κ3) is 3.59. The molecule has 0 unspecified atom stereocenters. The number of piperazine rings is 1. The number of nitrogens with zero attached hydrogens (tertiary/aromatic N) is 2. The highest BCUT2D eigenvalue weighted by Crippen LogP contribution is 2.26. The van der Waals surface area contributed by atoms with E-state index in [1.54, 1.807) is 0 Å². The summed E-state index contributed by atoms with van der Waals surface area (Å²) >= 11 is 0. The molecule has 2 heterocycles. The zero-order valence-electron chi connectivity index (χ0n) is 13.3. The second-order valence-corrected chi connectivity index (χ2v) is 6.21. The predicted molar refractivity (Wildman–Crippen MR) is 89.0 cm³/mol. The van der Waals surface area contributed by atoms with Crippen molar-refractivity contribution in [3.63, 3.8) is 0 Å². The number of ether oxygens (including phenoxy) is 1. The summed E-state index contributed by atoms with van der Waals surface area (Å²) in [5.41, 5.74) is 2.90. The van der Waals surface area contributed by atoms with Crippen molar-refractivity contribution in [3.05, 3.63) is 23.8 Å². The molecule has 0 saturated carbocycles. The second-order valence-electron chi connectivity index (χ2n) is 6.21. The molecule has 22 heavy (non-hydrogen) atoms. The van der Waals surface area contributed by atoms with Gasteiger partial charge in [0.2, 0.25) is 0 Å². The van der Waals surface area contributed by atoms with E-state index < -0.39 is 0 Å². The van der Waals surface area contributed by atoms with Gasteiger partial charge in [0.1, 0.15) is 0 Å². The Balaban J connectivity index is 1.75. The van der Waals surface area contributed by atoms with Crippen molar-refractivity contribution in [1.29, 1.82) is 0 Å². The van der Waals surface area contributed by atoms with Gasteiger partial charge in [0.15, 0.2) is 6.29 Å². The van der Waals surface area contributed by atoms with Crippen molar-refractivity contribution in [3.8, 4) is 0 Å². The van der Waals surface area contributed by atoms with Crippen molar-refractivity contribution >= 4 is 17.7 Å². The molecule has 2 aliphatic rings. The van der Waals surface area contributed by atoms with Crippen LogP contribution in [0.25, 0.3) is 0 Å². The van der Waals surface area contributed by atoms with Gasteiger partial charge in [-0.1, -0.05) is 0 Å². The van der Waals surface area contributed by atoms with Gasteiger partial charge in [-0.3, -0.25) is 4.79 Å². The molecule has 0 aromatic heterocycles. The number of hydrogen-bond donors (Lipinski definition) is 1. The van der Waals surface area contributed by atoms with Gasteiger partial charge in [0, 0.05) is 62.4 Å². The van der Waals surface area contributed by atoms with Gasteiger partial charge in [0.25, 0.3) is 0 Å². The van der Waals surface area contributed by atoms with Gasteiger partial charge in [-0.25, -0.2) is 0 Å². The highest BCUT2D eigenvalue weighted by atomic mass is 16.5. The van der Waals surface area contributed by atoms with Crippen LogP contribution in [0.3, 0.4) is 0 Å². The van der Waals surface area contributed by atoms with Crippen molar-refractivity contribution in [2.75, 3.05) is 56.7 Å². The standard InChI is InChI=1S/C17H25N3O2/c1-19-6-8-20(9-7-19)16-3-2-14(13-21)17(12-16)18-15-4-10-22-11-5-15/h2-3,12-13,15,18H,4-11H2,1H3. The van der Waals surface area contributed by atoms with Gasteiger partial charge in [0.05, 0.1) is 0 Å². The van der Waals surface area contributed by atoms with E-state index in [0.29, 0.717) is 6.04 Å². The lowest BCUT2D eigenvalue weighted by molar-refractivity contribution is 0.0904. The first kappa shape index (κ1) is 15.3. The van der Waals surface area contributed by atoms with Gasteiger partial charge >= 0.3 is 0 Å². The summed E-state index contributed by atoms with van der Waals surface area (Å²) in [6.07, 6.45) is 2.93. The highest BCUT2D eigenvalue weighted by molar-refractivity contribution is 5.86. The number of anilines is 2. The van der Waals surface area contributed by atoms with Gasteiger partial charge in [-0.2, -0.15) is 0 Å². The fourth-order valence-electron chi connectivity index (χ4n) is 3.10. The van der Waals surface area contributed by atoms with E-state index >= 15 is 0 Å². The topological polar surface area (TPSA) is 44.8 Å². The summed E-state index contributed by atoms with van der Waals surface area (Å²) in [5, 5.41) is 3.54. The van der Waals surface area contributed by atoms with Crippen LogP contribution in [-0.4, -0.2) is 63.7 Å². The maximum atomic E-state index is 11.3. The van der Waals surface area contributed by atoms with E-state index in [1.807, 2.05) is 6.07 Å². The number of aldehydes is 1. The molecule has 3 rings (SSSR count). The summed E-state index contributed by atoms with van der Waals surface area (Å²) < 4.78 is 5.40. The first-order valence-electron chi connectivity index (χ1n) is 8.13. The van der Waals surface area contributed by atoms with Crippen molar-refractivity contribution in [1.82, 2.24) is 4.90 Å². The smallest absolute Gasteiger partial charge is 0.152 e. The Kier molecular flexibility index (Phi) is 4.95. The molecule has 0 spiro atoms. The Morgan fingerprint density at radius 3 is 2.59 bits per heavy atom. The molecule has 0 radical (unpaired) electrons. The monoisotopic (exact) mass is 303 g/mol. The number of carbonyl (C=O) groups is 1. The molecule has 5 heteroatoms. The maximum Gasteiger partial charge on any atom is 0.152 e. The van der Waals surface area contributed by atoms with Gasteiger partial charge in [-0.05, 0) is 38.1 Å². The lowest BCUT2D eigenvalue weighted by Gasteiger charge is -2.34. The lowest BCUT2D eigenvalue weighted by Crippen LogP contribution is -2.44. The largest absolute Gasteiger partial charge is 0.381 e. The van der Waals surface area contributed by atoms with Crippen LogP contribution in [0.4, 0.5) is 11.4 Å². The zero-order valence-corrected chi connectivity index (χ0v) is 13.3. The van der Waals surface area contributed by atoms with E-state index in [-0.39, 0.29) is 0 Å². The summed E-state index contributed by atoms with van der Waals surface area (Å²) in [7, 11) is 2.16. The predicted octanol–water partition coefficient (Wildman–Crippen LogP) is 1.84. The molecule has 1 aromatic carbocycles. The molecule has 2 fully saturated rings. The van der Waals surface area contributed by atoms with Gasteiger partial charge in [-0.15, -0.1) is 0 Å². The van der Waals surface area contributed by atoms with Crippen LogP contribution in [-0.2, 0) is 4.74 Å². The van der Waals surface area contributed by atoms with Crippen LogP contribution in [0, 0.1) is 0 Å². The maximum absolute atomic E-state index is 11.3. The molecule has 1 aromatic rings. The lowest BCUT2D eigenvalue weighted by atomic mass is 10.1. The molecule has 0 aliphatic carbocycles. The summed E-state index contributed by atoms with van der Waals surface area (Å²) in [6, 6.07) is 6.52. The summed E-state index contributed by atoms with van der Waals surface area (Å²) in [6.45, 7) is 5.83. The Morgan fingerprint density at radius 2 is 1.91 bits per heavy atom. The molecule has 0 atom stereocenters. The zero-order chi connectivity index (χ0) is 15.4. The van der Waals surface area contributed by atoms with Crippen LogP contribution in [0.1, 0.15) is 23.2 Å². The third-order valence-corrected chi connectivity index (χ3v) is 4.61. The number of rotatable bonds is 4. The Morgan fingerprint density at radius 1 is 1.18 bits per heavy atom. The molecular weight excluding hydrogens is 278 g/mol. The fraction of sp³-hybridized carbons (Fsp3) is 0.588. The van der Waals surface area contributed by atoms with Gasteiger partial charge < -0.3 is 19.9 Å². The van der Waals surface area contributed by atoms with E-state index in [2.05, 4.69) is 34.3 Å². The van der Waals surface area contributed by atoms with Crippen LogP contribution in [0.2, 0.25) is 0 Å². The normalized spacial score (nSPS) is 20.9. The minimum absolute atomic E-state index is 0.398. The van der Waals surface area contributed by atoms with Crippen molar-refractivity contribution < 1.29 is 9.53 Å². The molecule has 5 nitrogen and oxygen atoms in total. The average Bonchev–Trinajstić information content (AvgIpc) is 2.56. The van der Waals surface area contributed by atoms with E-state index in [4.69, 9.17) is 4.74 Å². The Bertz CT molecular complexity index is 507. The minimum atomic E-state index is 0.398. The molecule has 1 N–H and O–H groups in total. The van der Waals surface area contributed by atoms with Crippen LogP contribution in [0.15, 0.2) is 18.2 Å². The molecule has 120 valence electrons. The number of nitrogens with one attached hydrogen (secondary N) is 1. The van der Waals surface area contributed by atoms with Crippen LogP contribution in [0.5, 0.6) is 0 Å². The second kappa shape index (κ2) is 7.11. The molecule has 0 bridgehead atoms. The average molecular weight is 303 g/mol. The van der Waals surface area contributed by atoms with Crippen molar-refractivity contribution in [2.45, 2.75) is 18.9 Å². The van der Waals surface area contributed by atoms with Crippen molar-refractivity contribution in [2.24, 2.45) is 0 Å². The number of carbonyl (C=O) groups excluding carboxylic acids is 1. The number of likely N-dealkylation sites (N-methyl/N-ethyl adjacent to an activating group) is 1. The van der Waals surface area contributed by atoms with Crippen LogP contribution < -0.4 is 10.2 Å². The highest BCUT2D eigenvalue weighted by Gasteiger charge is 2.18. The number of benzene rings is 1. The van der Waals surface area contributed by atoms with E-state index in [1.165, 1.54) is 5.69 Å². The quantitative estimate of drug-likeness (QED) is 0.860. The molecular formula is C17H25N3O2. The molecule has 2 saturated heterocycles. The van der Waals surface area contributed by atoms with E-state index in [0.717, 1.165) is 69.8 Å². The molecule has 2 aliphatic heterocycles. The Hall–Kier alpha value is -1.59. The van der Waals surface area contributed by atoms with Crippen LogP contribution >= 0.6 is 0 Å². The minimum Gasteiger partial charge on any atom is -0.381 e. The Labute approximate surface area is 132 Å². The molecule has 0 amide bonds. The summed E-state index contributed by atoms with van der Waals surface area (Å²) in [5.74, 6) is 0. The first-order valence-corrected chi connectivity index (χ1v) is 8.13. The third-order valence-electron chi connectivity index (χ3n) is 4.61.